The Balaban J connectivity index is 2.15. The predicted molar refractivity (Wildman–Crippen MR) is 79.4 cm³/mol. The molecule has 0 aliphatic rings. The molecule has 0 aliphatic carbocycles. The molecule has 0 unspecified atom stereocenters. The summed E-state index contributed by atoms with van der Waals surface area (Å²) in [5, 5.41) is 3.56. The lowest BCUT2D eigenvalue weighted by Crippen LogP contribution is -2.10. The van der Waals surface area contributed by atoms with Crippen LogP contribution in [0.1, 0.15) is 12.5 Å². The summed E-state index contributed by atoms with van der Waals surface area (Å²) in [5.74, 6) is 5.60. The Morgan fingerprint density at radius 2 is 2.00 bits per heavy atom. The van der Waals surface area contributed by atoms with E-state index in [-0.39, 0.29) is 5.91 Å². The smallest absolute Gasteiger partial charge is 0.238 e. The predicted octanol–water partition coefficient (Wildman–Crippen LogP) is 2.18. The topological polar surface area (TPSA) is 92.9 Å². The molecule has 0 fully saturated rings. The van der Waals surface area contributed by atoms with E-state index in [9.17, 15) is 4.79 Å². The van der Waals surface area contributed by atoms with Crippen LogP contribution in [0, 0.1) is 6.92 Å². The summed E-state index contributed by atoms with van der Waals surface area (Å²) in [6.45, 7) is 3.42. The van der Waals surface area contributed by atoms with Crippen LogP contribution in [0.5, 0.6) is 0 Å². The molecule has 1 aromatic carbocycles. The number of carbonyl (C=O) groups is 1. The largest absolute Gasteiger partial charge is 0.326 e. The van der Waals surface area contributed by atoms with Gasteiger partial charge in [-0.15, -0.1) is 0 Å². The van der Waals surface area contributed by atoms with Crippen LogP contribution in [0.25, 0.3) is 0 Å². The molecule has 4 N–H and O–H groups in total. The summed E-state index contributed by atoms with van der Waals surface area (Å²) >= 11 is 1.51. The fourth-order valence-electron chi connectivity index (χ4n) is 1.52. The summed E-state index contributed by atoms with van der Waals surface area (Å²) in [6.07, 6.45) is 1.72. The second-order valence-corrected chi connectivity index (χ2v) is 5.20. The van der Waals surface area contributed by atoms with Gasteiger partial charge in [0.25, 0.3) is 0 Å². The molecule has 2 rings (SSSR count). The number of nitrogens with zero attached hydrogens (tertiary/aromatic N) is 2. The van der Waals surface area contributed by atoms with Crippen LogP contribution in [0.2, 0.25) is 0 Å². The number of amides is 1. The summed E-state index contributed by atoms with van der Waals surface area (Å²) < 4.78 is 0. The monoisotopic (exact) mass is 289 g/mol. The molecule has 1 heterocycles. The highest BCUT2D eigenvalue weighted by atomic mass is 32.2. The fraction of sp³-hybridized carbons (Fsp3) is 0.154. The Morgan fingerprint density at radius 3 is 2.60 bits per heavy atom. The number of nitrogens with two attached hydrogens (primary N) is 1. The van der Waals surface area contributed by atoms with Gasteiger partial charge in [-0.25, -0.2) is 15.8 Å². The van der Waals surface area contributed by atoms with Crippen molar-refractivity contribution in [1.29, 1.82) is 0 Å². The highest BCUT2D eigenvalue weighted by Gasteiger charge is 2.06. The van der Waals surface area contributed by atoms with Gasteiger partial charge in [0.05, 0.1) is 0 Å². The maximum atomic E-state index is 11.0. The maximum Gasteiger partial charge on any atom is 0.238 e. The van der Waals surface area contributed by atoms with Gasteiger partial charge in [-0.2, -0.15) is 0 Å². The number of aromatic nitrogens is 2. The minimum absolute atomic E-state index is 0.0873. The van der Waals surface area contributed by atoms with Gasteiger partial charge in [0.1, 0.15) is 5.03 Å². The van der Waals surface area contributed by atoms with Crippen molar-refractivity contribution in [1.82, 2.24) is 9.97 Å². The Labute approximate surface area is 121 Å². The van der Waals surface area contributed by atoms with Crippen molar-refractivity contribution in [3.05, 3.63) is 36.0 Å². The molecule has 0 spiro atoms. The fourth-order valence-corrected chi connectivity index (χ4v) is 2.36. The molecule has 0 saturated heterocycles. The van der Waals surface area contributed by atoms with E-state index < -0.39 is 0 Å². The molecule has 0 bridgehead atoms. The first-order valence-electron chi connectivity index (χ1n) is 5.94. The van der Waals surface area contributed by atoms with Gasteiger partial charge in [-0.05, 0) is 31.2 Å². The number of rotatable bonds is 4. The molecule has 1 amide bonds. The van der Waals surface area contributed by atoms with E-state index >= 15 is 0 Å². The van der Waals surface area contributed by atoms with Gasteiger partial charge in [0.2, 0.25) is 11.9 Å². The second-order valence-electron chi connectivity index (χ2n) is 4.13. The van der Waals surface area contributed by atoms with Crippen molar-refractivity contribution in [3.8, 4) is 0 Å². The number of aryl methyl sites for hydroxylation is 1. The first-order chi connectivity index (χ1) is 9.58. The molecule has 0 saturated carbocycles. The Hall–Kier alpha value is -2.12. The van der Waals surface area contributed by atoms with Gasteiger partial charge >= 0.3 is 0 Å². The minimum Gasteiger partial charge on any atom is -0.326 e. The molecule has 2 aromatic rings. The van der Waals surface area contributed by atoms with Crippen molar-refractivity contribution in [2.75, 3.05) is 10.7 Å². The lowest BCUT2D eigenvalue weighted by Gasteiger charge is -2.07. The van der Waals surface area contributed by atoms with Crippen molar-refractivity contribution < 1.29 is 4.79 Å². The summed E-state index contributed by atoms with van der Waals surface area (Å²) in [4.78, 5) is 20.3. The molecule has 0 radical (unpaired) electrons. The molecule has 104 valence electrons. The number of nitrogen functional groups attached to an aromatic ring is 1. The molecule has 0 atom stereocenters. The highest BCUT2D eigenvalue weighted by molar-refractivity contribution is 7.99. The molecule has 1 aromatic heterocycles. The van der Waals surface area contributed by atoms with Crippen LogP contribution < -0.4 is 16.6 Å². The molecule has 20 heavy (non-hydrogen) atoms. The first kappa shape index (κ1) is 14.3. The van der Waals surface area contributed by atoms with Crippen LogP contribution in [0.4, 0.5) is 11.6 Å². The Kier molecular flexibility index (Phi) is 4.54. The number of anilines is 2. The minimum atomic E-state index is -0.0873. The van der Waals surface area contributed by atoms with Crippen molar-refractivity contribution >= 4 is 29.3 Å². The van der Waals surface area contributed by atoms with E-state index in [0.29, 0.717) is 5.95 Å². The summed E-state index contributed by atoms with van der Waals surface area (Å²) in [7, 11) is 0. The number of hydrogen-bond acceptors (Lipinski definition) is 6. The second kappa shape index (κ2) is 6.36. The molecular formula is C13H15N5OS. The zero-order valence-corrected chi connectivity index (χ0v) is 12.0. The van der Waals surface area contributed by atoms with E-state index in [4.69, 9.17) is 5.84 Å². The van der Waals surface area contributed by atoms with Crippen LogP contribution in [-0.4, -0.2) is 15.9 Å². The summed E-state index contributed by atoms with van der Waals surface area (Å²) in [6, 6.07) is 7.55. The quantitative estimate of drug-likeness (QED) is 0.454. The number of carbonyl (C=O) groups excluding carboxylic acids is 1. The lowest BCUT2D eigenvalue weighted by atomic mass is 10.3. The average Bonchev–Trinajstić information content (AvgIpc) is 2.43. The third-order valence-electron chi connectivity index (χ3n) is 2.44. The third kappa shape index (κ3) is 3.69. The number of hydrogen-bond donors (Lipinski definition) is 3. The van der Waals surface area contributed by atoms with E-state index in [1.807, 2.05) is 31.2 Å². The average molecular weight is 289 g/mol. The van der Waals surface area contributed by atoms with Gasteiger partial charge in [-0.1, -0.05) is 11.8 Å². The Morgan fingerprint density at radius 1 is 1.30 bits per heavy atom. The maximum absolute atomic E-state index is 11.0. The van der Waals surface area contributed by atoms with Crippen LogP contribution in [0.15, 0.2) is 40.4 Å². The van der Waals surface area contributed by atoms with Gasteiger partial charge in [0, 0.05) is 29.3 Å². The van der Waals surface area contributed by atoms with Crippen molar-refractivity contribution in [2.45, 2.75) is 23.8 Å². The number of hydrazine groups is 1. The summed E-state index contributed by atoms with van der Waals surface area (Å²) in [5.41, 5.74) is 4.17. The van der Waals surface area contributed by atoms with Crippen LogP contribution in [-0.2, 0) is 4.79 Å². The normalized spacial score (nSPS) is 10.2. The van der Waals surface area contributed by atoms with E-state index in [1.54, 1.807) is 6.20 Å². The SMILES string of the molecule is CC(=O)Nc1ccc(Sc2nc(NN)ncc2C)cc1. The van der Waals surface area contributed by atoms with E-state index in [2.05, 4.69) is 20.7 Å². The zero-order chi connectivity index (χ0) is 14.5. The molecule has 0 aliphatic heterocycles. The van der Waals surface area contributed by atoms with Crippen molar-refractivity contribution in [2.24, 2.45) is 5.84 Å². The van der Waals surface area contributed by atoms with Crippen molar-refractivity contribution in [3.63, 3.8) is 0 Å². The lowest BCUT2D eigenvalue weighted by molar-refractivity contribution is -0.114. The van der Waals surface area contributed by atoms with Gasteiger partial charge in [0.15, 0.2) is 0 Å². The highest BCUT2D eigenvalue weighted by Crippen LogP contribution is 2.29. The van der Waals surface area contributed by atoms with Crippen LogP contribution in [0.3, 0.4) is 0 Å². The van der Waals surface area contributed by atoms with E-state index in [0.717, 1.165) is 21.2 Å². The van der Waals surface area contributed by atoms with Gasteiger partial charge < -0.3 is 5.32 Å². The first-order valence-corrected chi connectivity index (χ1v) is 6.76. The number of benzene rings is 1. The van der Waals surface area contributed by atoms with E-state index in [1.165, 1.54) is 18.7 Å². The zero-order valence-electron chi connectivity index (χ0n) is 11.2. The number of nitrogens with one attached hydrogen (secondary N) is 2. The molecular weight excluding hydrogens is 274 g/mol. The molecule has 7 heteroatoms. The standard InChI is InChI=1S/C13H15N5OS/c1-8-7-15-13(18-14)17-12(8)20-11-5-3-10(4-6-11)16-9(2)19/h3-7H,14H2,1-2H3,(H,16,19)(H,15,17,18). The third-order valence-corrected chi connectivity index (χ3v) is 3.56. The Bertz CT molecular complexity index is 615. The molecule has 6 nitrogen and oxygen atoms in total. The van der Waals surface area contributed by atoms with Crippen LogP contribution >= 0.6 is 11.8 Å². The van der Waals surface area contributed by atoms with Gasteiger partial charge in [-0.3, -0.25) is 10.2 Å².